The number of carbonyl (C=O) groups excluding carboxylic acids is 4. The average molecular weight is 279 g/mol. The molecule has 2 aliphatic heterocycles. The molecule has 1 saturated carbocycles. The van der Waals surface area contributed by atoms with E-state index in [1.807, 2.05) is 0 Å². The van der Waals surface area contributed by atoms with Crippen LogP contribution in [0.5, 0.6) is 0 Å². The van der Waals surface area contributed by atoms with Gasteiger partial charge in [0.25, 0.3) is 0 Å². The predicted octanol–water partition coefficient (Wildman–Crippen LogP) is 0.928. The summed E-state index contributed by atoms with van der Waals surface area (Å²) in [5, 5.41) is 0. The number of imide groups is 1. The number of rotatable bonds is 1. The highest BCUT2D eigenvalue weighted by Crippen LogP contribution is 2.46. The van der Waals surface area contributed by atoms with E-state index in [0.717, 1.165) is 37.0 Å². The van der Waals surface area contributed by atoms with Gasteiger partial charge in [0.2, 0.25) is 11.8 Å². The van der Waals surface area contributed by atoms with Gasteiger partial charge < -0.3 is 4.74 Å². The summed E-state index contributed by atoms with van der Waals surface area (Å²) in [6.45, 7) is 0. The zero-order chi connectivity index (χ0) is 14.3. The smallest absolute Gasteiger partial charge is 0.337 e. The van der Waals surface area contributed by atoms with Crippen LogP contribution in [0.2, 0.25) is 0 Å². The van der Waals surface area contributed by atoms with Crippen molar-refractivity contribution < 1.29 is 23.9 Å². The van der Waals surface area contributed by atoms with Crippen LogP contribution in [-0.2, 0) is 23.9 Å². The van der Waals surface area contributed by atoms with Gasteiger partial charge in [-0.25, -0.2) is 4.79 Å². The molecule has 6 nitrogen and oxygen atoms in total. The zero-order valence-corrected chi connectivity index (χ0v) is 11.2. The normalized spacial score (nSPS) is 30.0. The maximum absolute atomic E-state index is 12.6. The quantitative estimate of drug-likeness (QED) is 0.405. The van der Waals surface area contributed by atoms with Crippen LogP contribution in [-0.4, -0.2) is 34.7 Å². The Bertz CT molecular complexity index is 492. The summed E-state index contributed by atoms with van der Waals surface area (Å²) < 4.78 is 4.56. The first-order chi connectivity index (χ1) is 9.53. The van der Waals surface area contributed by atoms with Crippen molar-refractivity contribution in [2.24, 2.45) is 5.41 Å². The van der Waals surface area contributed by atoms with Gasteiger partial charge in [0, 0.05) is 12.8 Å². The SMILES string of the molecule is O=C1CCC(N2C(=O)CC3(CCCCC3)C2=O)C(=O)O1. The Morgan fingerprint density at radius 1 is 1.05 bits per heavy atom. The minimum absolute atomic E-state index is 0.0699. The number of amides is 2. The van der Waals surface area contributed by atoms with Crippen LogP contribution in [0.25, 0.3) is 0 Å². The van der Waals surface area contributed by atoms with Crippen LogP contribution in [0, 0.1) is 5.41 Å². The van der Waals surface area contributed by atoms with Gasteiger partial charge in [-0.15, -0.1) is 0 Å². The van der Waals surface area contributed by atoms with Gasteiger partial charge in [-0.05, 0) is 19.3 Å². The maximum atomic E-state index is 12.6. The lowest BCUT2D eigenvalue weighted by molar-refractivity contribution is -0.172. The molecule has 2 heterocycles. The van der Waals surface area contributed by atoms with Gasteiger partial charge in [-0.1, -0.05) is 19.3 Å². The van der Waals surface area contributed by atoms with Gasteiger partial charge in [0.15, 0.2) is 0 Å². The molecule has 2 amide bonds. The lowest BCUT2D eigenvalue weighted by atomic mass is 9.73. The highest BCUT2D eigenvalue weighted by Gasteiger charge is 2.55. The first-order valence-electron chi connectivity index (χ1n) is 7.14. The molecule has 6 heteroatoms. The molecule has 0 bridgehead atoms. The Morgan fingerprint density at radius 2 is 1.75 bits per heavy atom. The summed E-state index contributed by atoms with van der Waals surface area (Å²) >= 11 is 0. The predicted molar refractivity (Wildman–Crippen MR) is 66.1 cm³/mol. The van der Waals surface area contributed by atoms with E-state index >= 15 is 0 Å². The number of likely N-dealkylation sites (tertiary alicyclic amines) is 1. The Morgan fingerprint density at radius 3 is 2.40 bits per heavy atom. The molecular weight excluding hydrogens is 262 g/mol. The fraction of sp³-hybridized carbons (Fsp3) is 0.714. The van der Waals surface area contributed by atoms with E-state index in [-0.39, 0.29) is 31.1 Å². The molecule has 0 radical (unpaired) electrons. The Hall–Kier alpha value is -1.72. The second-order valence-electron chi connectivity index (χ2n) is 5.93. The van der Waals surface area contributed by atoms with E-state index < -0.39 is 23.4 Å². The van der Waals surface area contributed by atoms with Crippen molar-refractivity contribution in [2.45, 2.75) is 57.4 Å². The van der Waals surface area contributed by atoms with Gasteiger partial charge in [0.1, 0.15) is 6.04 Å². The van der Waals surface area contributed by atoms with Crippen molar-refractivity contribution >= 4 is 23.8 Å². The van der Waals surface area contributed by atoms with Crippen molar-refractivity contribution in [3.8, 4) is 0 Å². The van der Waals surface area contributed by atoms with Crippen LogP contribution < -0.4 is 0 Å². The van der Waals surface area contributed by atoms with Crippen LogP contribution in [0.4, 0.5) is 0 Å². The average Bonchev–Trinajstić information content (AvgIpc) is 2.63. The lowest BCUT2D eigenvalue weighted by Gasteiger charge is -2.32. The summed E-state index contributed by atoms with van der Waals surface area (Å²) in [5.41, 5.74) is -0.600. The standard InChI is InChI=1S/C14H17NO5/c16-10-8-14(6-2-1-3-7-14)13(19)15(10)9-4-5-11(17)20-12(9)18/h9H,1-8H2. The fourth-order valence-electron chi connectivity index (χ4n) is 3.59. The van der Waals surface area contributed by atoms with E-state index in [0.29, 0.717) is 0 Å². The molecule has 0 aromatic rings. The Labute approximate surface area is 116 Å². The van der Waals surface area contributed by atoms with Crippen molar-refractivity contribution in [1.82, 2.24) is 4.90 Å². The number of hydrogen-bond acceptors (Lipinski definition) is 5. The molecule has 1 aliphatic carbocycles. The second kappa shape index (κ2) is 4.68. The van der Waals surface area contributed by atoms with E-state index in [4.69, 9.17) is 0 Å². The topological polar surface area (TPSA) is 80.8 Å². The van der Waals surface area contributed by atoms with Crippen LogP contribution >= 0.6 is 0 Å². The van der Waals surface area contributed by atoms with E-state index in [1.54, 1.807) is 0 Å². The minimum Gasteiger partial charge on any atom is -0.392 e. The molecule has 20 heavy (non-hydrogen) atoms. The van der Waals surface area contributed by atoms with Gasteiger partial charge in [-0.3, -0.25) is 19.3 Å². The molecule has 1 atom stereocenters. The summed E-state index contributed by atoms with van der Waals surface area (Å²) in [6.07, 6.45) is 4.86. The molecule has 0 aromatic heterocycles. The molecular formula is C14H17NO5. The third-order valence-corrected chi connectivity index (χ3v) is 4.66. The summed E-state index contributed by atoms with van der Waals surface area (Å²) in [6, 6.07) is -0.908. The van der Waals surface area contributed by atoms with Crippen molar-refractivity contribution in [3.63, 3.8) is 0 Å². The maximum Gasteiger partial charge on any atom is 0.337 e. The van der Waals surface area contributed by atoms with Gasteiger partial charge in [0.05, 0.1) is 5.41 Å². The molecule has 108 valence electrons. The molecule has 3 aliphatic rings. The summed E-state index contributed by atoms with van der Waals surface area (Å²) in [4.78, 5) is 48.7. The number of carbonyl (C=O) groups is 4. The molecule has 3 fully saturated rings. The molecule has 0 N–H and O–H groups in total. The number of esters is 2. The molecule has 0 aromatic carbocycles. The summed E-state index contributed by atoms with van der Waals surface area (Å²) in [5.74, 6) is -1.89. The zero-order valence-electron chi connectivity index (χ0n) is 11.2. The van der Waals surface area contributed by atoms with Crippen LogP contribution in [0.3, 0.4) is 0 Å². The summed E-state index contributed by atoms with van der Waals surface area (Å²) in [7, 11) is 0. The number of cyclic esters (lactones) is 2. The van der Waals surface area contributed by atoms with Crippen molar-refractivity contribution in [2.75, 3.05) is 0 Å². The molecule has 2 saturated heterocycles. The number of nitrogens with zero attached hydrogens (tertiary/aromatic N) is 1. The highest BCUT2D eigenvalue weighted by molar-refractivity contribution is 6.09. The fourth-order valence-corrected chi connectivity index (χ4v) is 3.59. The molecule has 1 spiro atoms. The van der Waals surface area contributed by atoms with Crippen molar-refractivity contribution in [3.05, 3.63) is 0 Å². The van der Waals surface area contributed by atoms with Gasteiger partial charge in [-0.2, -0.15) is 0 Å². The molecule has 3 rings (SSSR count). The monoisotopic (exact) mass is 279 g/mol. The van der Waals surface area contributed by atoms with Gasteiger partial charge >= 0.3 is 11.9 Å². The lowest BCUT2D eigenvalue weighted by Crippen LogP contribution is -2.50. The Balaban J connectivity index is 1.83. The first-order valence-corrected chi connectivity index (χ1v) is 7.14. The van der Waals surface area contributed by atoms with Crippen LogP contribution in [0.15, 0.2) is 0 Å². The minimum atomic E-state index is -0.908. The van der Waals surface area contributed by atoms with E-state index in [2.05, 4.69) is 4.74 Å². The van der Waals surface area contributed by atoms with Crippen LogP contribution in [0.1, 0.15) is 51.4 Å². The number of ether oxygens (including phenoxy) is 1. The Kier molecular flexibility index (Phi) is 3.11. The molecule has 1 unspecified atom stereocenters. The second-order valence-corrected chi connectivity index (χ2v) is 5.93. The first kappa shape index (κ1) is 13.3. The van der Waals surface area contributed by atoms with E-state index in [9.17, 15) is 19.2 Å². The third-order valence-electron chi connectivity index (χ3n) is 4.66. The number of hydrogen-bond donors (Lipinski definition) is 0. The highest BCUT2D eigenvalue weighted by atomic mass is 16.6. The van der Waals surface area contributed by atoms with Crippen molar-refractivity contribution in [1.29, 1.82) is 0 Å². The third kappa shape index (κ3) is 1.94. The van der Waals surface area contributed by atoms with E-state index in [1.165, 1.54) is 0 Å². The largest absolute Gasteiger partial charge is 0.392 e.